The predicted octanol–water partition coefficient (Wildman–Crippen LogP) is 3.03. The van der Waals surface area contributed by atoms with Crippen LogP contribution in [0.1, 0.15) is 48.5 Å². The van der Waals surface area contributed by atoms with Gasteiger partial charge in [-0.15, -0.1) is 0 Å². The van der Waals surface area contributed by atoms with Crippen molar-refractivity contribution in [2.45, 2.75) is 39.5 Å². The lowest BCUT2D eigenvalue weighted by Gasteiger charge is -2.19. The third-order valence-corrected chi connectivity index (χ3v) is 4.34. The van der Waals surface area contributed by atoms with Crippen LogP contribution in [0.5, 0.6) is 0 Å². The van der Waals surface area contributed by atoms with Crippen molar-refractivity contribution >= 4 is 22.4 Å². The van der Waals surface area contributed by atoms with Gasteiger partial charge in [0.25, 0.3) is 0 Å². The van der Waals surface area contributed by atoms with Crippen molar-refractivity contribution in [1.82, 2.24) is 4.98 Å². The minimum absolute atomic E-state index is 0.418. The van der Waals surface area contributed by atoms with Crippen LogP contribution in [0.15, 0.2) is 0 Å². The number of carboxylic acids is 1. The van der Waals surface area contributed by atoms with E-state index in [4.69, 9.17) is 0 Å². The Morgan fingerprint density at radius 2 is 2.22 bits per heavy atom. The summed E-state index contributed by atoms with van der Waals surface area (Å²) in [6.07, 6.45) is 4.28. The first-order chi connectivity index (χ1) is 8.65. The minimum atomic E-state index is -0.843. The maximum atomic E-state index is 11.2. The van der Waals surface area contributed by atoms with Gasteiger partial charge in [0.05, 0.1) is 5.69 Å². The molecule has 1 N–H and O–H groups in total. The molecule has 5 heteroatoms. The molecule has 0 atom stereocenters. The zero-order chi connectivity index (χ0) is 13.1. The topological polar surface area (TPSA) is 53.4 Å². The summed E-state index contributed by atoms with van der Waals surface area (Å²) < 4.78 is 0. The van der Waals surface area contributed by atoms with Crippen molar-refractivity contribution < 1.29 is 9.90 Å². The van der Waals surface area contributed by atoms with Crippen molar-refractivity contribution in [1.29, 1.82) is 0 Å². The lowest BCUT2D eigenvalue weighted by molar-refractivity contribution is 0.0700. The van der Waals surface area contributed by atoms with E-state index in [1.807, 2.05) is 6.92 Å². The number of aromatic carboxylic acids is 1. The van der Waals surface area contributed by atoms with Crippen LogP contribution in [-0.2, 0) is 6.42 Å². The first kappa shape index (κ1) is 13.3. The van der Waals surface area contributed by atoms with E-state index in [-0.39, 0.29) is 0 Å². The molecule has 0 saturated heterocycles. The average molecular weight is 268 g/mol. The van der Waals surface area contributed by atoms with Crippen LogP contribution in [0.4, 0.5) is 5.13 Å². The maximum absolute atomic E-state index is 11.2. The van der Waals surface area contributed by atoms with Crippen molar-refractivity contribution in [2.75, 3.05) is 18.0 Å². The summed E-state index contributed by atoms with van der Waals surface area (Å²) in [5.74, 6) is -0.0542. The fraction of sp³-hybridized carbons (Fsp3) is 0.692. The number of carboxylic acid groups (broad SMARTS) is 1. The SMILES string of the molecule is CCCc1nc(N(CC)CC2CC2)sc1C(=O)O. The third kappa shape index (κ3) is 3.02. The fourth-order valence-electron chi connectivity index (χ4n) is 2.00. The molecular formula is C13H20N2O2S. The number of hydrogen-bond donors (Lipinski definition) is 1. The highest BCUT2D eigenvalue weighted by atomic mass is 32.1. The minimum Gasteiger partial charge on any atom is -0.477 e. The van der Waals surface area contributed by atoms with E-state index < -0.39 is 5.97 Å². The van der Waals surface area contributed by atoms with Gasteiger partial charge in [-0.3, -0.25) is 0 Å². The molecular weight excluding hydrogens is 248 g/mol. The highest BCUT2D eigenvalue weighted by Gasteiger charge is 2.26. The molecule has 1 aromatic rings. The highest BCUT2D eigenvalue weighted by Crippen LogP contribution is 2.33. The van der Waals surface area contributed by atoms with Crippen LogP contribution in [0, 0.1) is 5.92 Å². The number of anilines is 1. The number of nitrogens with zero attached hydrogens (tertiary/aromatic N) is 2. The smallest absolute Gasteiger partial charge is 0.347 e. The van der Waals surface area contributed by atoms with Gasteiger partial charge in [0.2, 0.25) is 0 Å². The van der Waals surface area contributed by atoms with Gasteiger partial charge in [-0.25, -0.2) is 9.78 Å². The quantitative estimate of drug-likeness (QED) is 0.826. The van der Waals surface area contributed by atoms with E-state index in [1.165, 1.54) is 24.2 Å². The van der Waals surface area contributed by atoms with Gasteiger partial charge in [-0.05, 0) is 32.1 Å². The zero-order valence-corrected chi connectivity index (χ0v) is 11.8. The van der Waals surface area contributed by atoms with Crippen LogP contribution in [0.2, 0.25) is 0 Å². The summed E-state index contributed by atoms with van der Waals surface area (Å²) in [6.45, 7) is 6.07. The normalized spacial score (nSPS) is 14.8. The monoisotopic (exact) mass is 268 g/mol. The Labute approximate surface area is 112 Å². The molecule has 1 saturated carbocycles. The van der Waals surface area contributed by atoms with Gasteiger partial charge in [0.1, 0.15) is 4.88 Å². The van der Waals surface area contributed by atoms with Crippen molar-refractivity contribution in [3.63, 3.8) is 0 Å². The molecule has 4 nitrogen and oxygen atoms in total. The summed E-state index contributed by atoms with van der Waals surface area (Å²) in [6, 6.07) is 0. The molecule has 100 valence electrons. The molecule has 18 heavy (non-hydrogen) atoms. The van der Waals surface area contributed by atoms with E-state index in [0.29, 0.717) is 4.88 Å². The lowest BCUT2D eigenvalue weighted by Crippen LogP contribution is -2.24. The van der Waals surface area contributed by atoms with Gasteiger partial charge in [0.15, 0.2) is 5.13 Å². The number of aryl methyl sites for hydroxylation is 1. The molecule has 1 aliphatic rings. The second kappa shape index (κ2) is 5.69. The number of carbonyl (C=O) groups is 1. The summed E-state index contributed by atoms with van der Waals surface area (Å²) in [4.78, 5) is 18.4. The first-order valence-electron chi connectivity index (χ1n) is 6.63. The molecule has 1 aromatic heterocycles. The molecule has 0 aromatic carbocycles. The molecule has 0 amide bonds. The highest BCUT2D eigenvalue weighted by molar-refractivity contribution is 7.17. The summed E-state index contributed by atoms with van der Waals surface area (Å²) in [5, 5.41) is 10.1. The Morgan fingerprint density at radius 1 is 1.50 bits per heavy atom. The average Bonchev–Trinajstić information content (AvgIpc) is 3.06. The zero-order valence-electron chi connectivity index (χ0n) is 11.0. The van der Waals surface area contributed by atoms with Gasteiger partial charge < -0.3 is 10.0 Å². The number of rotatable bonds is 7. The first-order valence-corrected chi connectivity index (χ1v) is 7.45. The van der Waals surface area contributed by atoms with Crippen LogP contribution >= 0.6 is 11.3 Å². The van der Waals surface area contributed by atoms with Crippen molar-refractivity contribution in [2.24, 2.45) is 5.92 Å². The Morgan fingerprint density at radius 3 is 2.72 bits per heavy atom. The second-order valence-corrected chi connectivity index (χ2v) is 5.79. The number of aromatic nitrogens is 1. The second-order valence-electron chi connectivity index (χ2n) is 4.81. The Balaban J connectivity index is 2.19. The maximum Gasteiger partial charge on any atom is 0.347 e. The fourth-order valence-corrected chi connectivity index (χ4v) is 3.03. The largest absolute Gasteiger partial charge is 0.477 e. The Kier molecular flexibility index (Phi) is 4.22. The molecule has 1 heterocycles. The van der Waals surface area contributed by atoms with E-state index in [1.54, 1.807) is 0 Å². The Bertz CT molecular complexity index is 427. The van der Waals surface area contributed by atoms with E-state index in [0.717, 1.165) is 42.7 Å². The van der Waals surface area contributed by atoms with Gasteiger partial charge in [-0.2, -0.15) is 0 Å². The summed E-state index contributed by atoms with van der Waals surface area (Å²) in [5.41, 5.74) is 0.749. The molecule has 1 aliphatic carbocycles. The molecule has 0 unspecified atom stereocenters. The van der Waals surface area contributed by atoms with Gasteiger partial charge >= 0.3 is 5.97 Å². The summed E-state index contributed by atoms with van der Waals surface area (Å²) >= 11 is 1.33. The van der Waals surface area contributed by atoms with E-state index >= 15 is 0 Å². The van der Waals surface area contributed by atoms with Crippen LogP contribution in [-0.4, -0.2) is 29.1 Å². The molecule has 0 spiro atoms. The molecule has 0 bridgehead atoms. The lowest BCUT2D eigenvalue weighted by atomic mass is 10.2. The van der Waals surface area contributed by atoms with E-state index in [2.05, 4.69) is 16.8 Å². The molecule has 2 rings (SSSR count). The van der Waals surface area contributed by atoms with Crippen LogP contribution < -0.4 is 4.90 Å². The van der Waals surface area contributed by atoms with Crippen molar-refractivity contribution in [3.05, 3.63) is 10.6 Å². The van der Waals surface area contributed by atoms with Crippen molar-refractivity contribution in [3.8, 4) is 0 Å². The molecule has 1 fully saturated rings. The molecule has 0 radical (unpaired) electrons. The van der Waals surface area contributed by atoms with Crippen LogP contribution in [0.25, 0.3) is 0 Å². The van der Waals surface area contributed by atoms with Gasteiger partial charge in [-0.1, -0.05) is 24.7 Å². The van der Waals surface area contributed by atoms with E-state index in [9.17, 15) is 9.90 Å². The number of hydrogen-bond acceptors (Lipinski definition) is 4. The van der Waals surface area contributed by atoms with Gasteiger partial charge in [0, 0.05) is 13.1 Å². The standard InChI is InChI=1S/C13H20N2O2S/c1-3-5-10-11(12(16)17)18-13(14-10)15(4-2)8-9-6-7-9/h9H,3-8H2,1-2H3,(H,16,17). The number of thiazole rings is 1. The molecule has 0 aliphatic heterocycles. The summed E-state index contributed by atoms with van der Waals surface area (Å²) in [7, 11) is 0. The third-order valence-electron chi connectivity index (χ3n) is 3.19. The Hall–Kier alpha value is -1.10. The van der Waals surface area contributed by atoms with Crippen LogP contribution in [0.3, 0.4) is 0 Å². The predicted molar refractivity (Wildman–Crippen MR) is 73.7 cm³/mol.